The normalized spacial score (nSPS) is 13.9. The van der Waals surface area contributed by atoms with Gasteiger partial charge in [-0.25, -0.2) is 25.3 Å². The molecule has 32 heteroatoms. The Balaban J connectivity index is 0.00000756. The second-order valence-corrected chi connectivity index (χ2v) is 17.8. The predicted molar refractivity (Wildman–Crippen MR) is 170 cm³/mol. The zero-order valence-electron chi connectivity index (χ0n) is 29.0. The molecule has 0 saturated heterocycles. The molecule has 0 fully saturated rings. The van der Waals surface area contributed by atoms with Crippen LogP contribution in [0.5, 0.6) is 5.75 Å². The van der Waals surface area contributed by atoms with Crippen molar-refractivity contribution in [3.63, 3.8) is 0 Å². The molecule has 0 spiro atoms. The number of phenols is 1. The third kappa shape index (κ3) is 15.2. The van der Waals surface area contributed by atoms with Crippen LogP contribution in [0, 0.1) is 0 Å². The maximum Gasteiger partial charge on any atom is 1.00 e. The molecule has 4 rings (SSSR count). The number of nitrogen functional groups attached to an aromatic ring is 1. The Morgan fingerprint density at radius 3 is 1.34 bits per heavy atom. The fourth-order valence-corrected chi connectivity index (χ4v) is 9.16. The van der Waals surface area contributed by atoms with Gasteiger partial charge in [-0.05, 0) is 66.0 Å². The van der Waals surface area contributed by atoms with Gasteiger partial charge in [0.05, 0.1) is 53.8 Å². The summed E-state index contributed by atoms with van der Waals surface area (Å²) < 4.78 is 128. The molecular weight excluding hydrogens is 915 g/mol. The van der Waals surface area contributed by atoms with Gasteiger partial charge in [-0.15, -0.1) is 18.9 Å². The predicted octanol–water partition coefficient (Wildman–Crippen LogP) is -11.3. The van der Waals surface area contributed by atoms with Gasteiger partial charge in [0.25, 0.3) is 0 Å². The van der Waals surface area contributed by atoms with Crippen LogP contribution < -0.4 is 134 Å². The minimum Gasteiger partial charge on any atom is -0.744 e. The van der Waals surface area contributed by atoms with Crippen molar-refractivity contribution in [1.82, 2.24) is 0 Å². The zero-order chi connectivity index (χ0) is 38.4. The first-order valence-corrected chi connectivity index (χ1v) is 20.9. The molecule has 4 aromatic rings. The number of rotatable bonds is 16. The van der Waals surface area contributed by atoms with Crippen molar-refractivity contribution in [1.29, 1.82) is 0 Å². The maximum atomic E-state index is 12.3. The third-order valence-electron chi connectivity index (χ3n) is 6.20. The van der Waals surface area contributed by atoms with Crippen LogP contribution in [-0.2, 0) is 82.7 Å². The summed E-state index contributed by atoms with van der Waals surface area (Å²) in [6.45, 7) is 0. The largest absolute Gasteiger partial charge is 1.00 e. The molecule has 0 heterocycles. The Kier molecular flexibility index (Phi) is 25.2. The Morgan fingerprint density at radius 2 is 0.982 bits per heavy atom. The first-order valence-electron chi connectivity index (χ1n) is 13.0. The van der Waals surface area contributed by atoms with Gasteiger partial charge < -0.3 is 30.5 Å². The summed E-state index contributed by atoms with van der Waals surface area (Å²) in [5.74, 6) is -1.10. The van der Waals surface area contributed by atoms with E-state index in [9.17, 15) is 58.4 Å². The van der Waals surface area contributed by atoms with Crippen LogP contribution in [0.3, 0.4) is 0 Å². The van der Waals surface area contributed by atoms with Crippen molar-refractivity contribution in [2.75, 3.05) is 15.9 Å². The van der Waals surface area contributed by atoms with Crippen LogP contribution in [0.4, 0.5) is 28.4 Å². The maximum absolute atomic E-state index is 12.3. The molecule has 0 radical (unpaired) electrons. The molecular formula is C24H17N5Na4O17S6. The first kappa shape index (κ1) is 56.1. The van der Waals surface area contributed by atoms with Crippen molar-refractivity contribution >= 4 is 103 Å². The van der Waals surface area contributed by atoms with Gasteiger partial charge >= 0.3 is 118 Å². The molecule has 0 saturated carbocycles. The van der Waals surface area contributed by atoms with Crippen LogP contribution >= 0.6 is 0 Å². The van der Waals surface area contributed by atoms with Gasteiger partial charge in [-0.3, -0.25) is 18.5 Å². The number of fused-ring (bicyclic) bond motifs is 1. The summed E-state index contributed by atoms with van der Waals surface area (Å²) in [6, 6.07) is 11.0. The van der Waals surface area contributed by atoms with E-state index in [0.717, 1.165) is 0 Å². The van der Waals surface area contributed by atoms with Gasteiger partial charge in [0.15, 0.2) is 27.9 Å². The number of aromatic hydroxyl groups is 1. The van der Waals surface area contributed by atoms with Crippen molar-refractivity contribution in [2.45, 2.75) is 19.6 Å². The van der Waals surface area contributed by atoms with Gasteiger partial charge in [0.1, 0.15) is 41.8 Å². The molecule has 0 amide bonds. The fraction of sp³-hybridized carbons (Fsp3) is 0.0833. The molecule has 56 heavy (non-hydrogen) atoms. The topological polar surface area (TPSA) is 361 Å². The van der Waals surface area contributed by atoms with E-state index in [0.29, 0.717) is 12.1 Å². The van der Waals surface area contributed by atoms with Crippen molar-refractivity contribution < 1.29 is 195 Å². The molecule has 0 bridgehead atoms. The fourth-order valence-electron chi connectivity index (χ4n) is 4.05. The van der Waals surface area contributed by atoms with E-state index in [1.807, 2.05) is 0 Å². The number of phenolic OH excluding ortho intramolecular Hbond substituents is 1. The van der Waals surface area contributed by atoms with E-state index in [1.54, 1.807) is 0 Å². The second-order valence-electron chi connectivity index (χ2n) is 9.41. The van der Waals surface area contributed by atoms with E-state index in [4.69, 9.17) is 5.73 Å². The van der Waals surface area contributed by atoms with Gasteiger partial charge in [0.2, 0.25) is 0 Å². The SMILES string of the molecule is Nc1c(N=Nc2ccc(S(=O)CS(=O)OO[O-])cc2)c(S(=O)(=O)[O-])cc2cc(S(=O)(=O)[O-])c(N=Nc3ccc(S(=O)CS(=O)OO[O-])cc3)c(O)c12.[Na+].[Na+].[Na+].[Na+]. The molecule has 3 N–H and O–H groups in total. The monoisotopic (exact) mass is 931 g/mol. The van der Waals surface area contributed by atoms with Gasteiger partial charge in [-0.1, -0.05) is 0 Å². The summed E-state index contributed by atoms with van der Waals surface area (Å²) in [4.78, 5) is -2.15. The molecule has 0 aliphatic carbocycles. The number of anilines is 1. The van der Waals surface area contributed by atoms with Crippen molar-refractivity contribution in [3.8, 4) is 5.75 Å². The minimum absolute atomic E-state index is 0. The molecule has 4 atom stereocenters. The van der Waals surface area contributed by atoms with Gasteiger partial charge in [-0.2, -0.15) is 10.2 Å². The average molecular weight is 932 g/mol. The average Bonchev–Trinajstić information content (AvgIpc) is 3.06. The summed E-state index contributed by atoms with van der Waals surface area (Å²) in [5.41, 5.74) is 3.55. The number of hydrogen-bond acceptors (Lipinski definition) is 22. The molecule has 4 aromatic carbocycles. The van der Waals surface area contributed by atoms with E-state index >= 15 is 0 Å². The van der Waals surface area contributed by atoms with Gasteiger partial charge in [0, 0.05) is 9.79 Å². The second kappa shape index (κ2) is 25.2. The Morgan fingerprint density at radius 1 is 0.625 bits per heavy atom. The number of nitrogens with zero attached hydrogens (tertiary/aromatic N) is 4. The van der Waals surface area contributed by atoms with E-state index in [-0.39, 0.29) is 139 Å². The summed E-state index contributed by atoms with van der Waals surface area (Å²) >= 11 is -4.66. The molecule has 280 valence electrons. The molecule has 0 aliphatic rings. The van der Waals surface area contributed by atoms with Crippen LogP contribution in [-0.4, -0.2) is 58.1 Å². The van der Waals surface area contributed by atoms with Crippen LogP contribution in [0.2, 0.25) is 0 Å². The molecule has 22 nitrogen and oxygen atoms in total. The number of nitrogens with two attached hydrogens (primary N) is 1. The van der Waals surface area contributed by atoms with E-state index in [2.05, 4.69) is 39.2 Å². The summed E-state index contributed by atoms with van der Waals surface area (Å²) in [5, 5.41) is 49.7. The minimum atomic E-state index is -5.48. The summed E-state index contributed by atoms with van der Waals surface area (Å²) in [6.07, 6.45) is 0. The Bertz CT molecular complexity index is 2230. The number of benzene rings is 4. The first-order chi connectivity index (χ1) is 24.4. The number of azo groups is 2. The standard InChI is InChI=1S/C24H21N5O17S6.4Na/c25-21-20-13(9-18(51(37,38)39)22(21)28-26-14-1-5-16(6-2-14)47(33)11-49(35)45-43-31)10-19(52(40,41)42)23(24(20)30)29-27-15-3-7-17(8-4-15)48(34)12-50(36)46-44-32;;;;/h1-10,30-32H,11-12,25H2,(H,37,38,39)(H,40,41,42);;;;/q;4*+1/p-4. The number of hydrogen-bond donors (Lipinski definition) is 2. The zero-order valence-corrected chi connectivity index (χ0v) is 41.9. The Labute approximate surface area is 415 Å². The van der Waals surface area contributed by atoms with E-state index in [1.165, 1.54) is 48.5 Å². The molecule has 0 aliphatic heterocycles. The van der Waals surface area contributed by atoms with Crippen LogP contribution in [0.1, 0.15) is 0 Å². The summed E-state index contributed by atoms with van der Waals surface area (Å²) in [7, 11) is -14.8. The molecule has 4 unspecified atom stereocenters. The Hall–Kier alpha value is 0.120. The smallest absolute Gasteiger partial charge is 0.744 e. The molecule has 0 aromatic heterocycles. The van der Waals surface area contributed by atoms with Crippen molar-refractivity contribution in [3.05, 3.63) is 60.7 Å². The van der Waals surface area contributed by atoms with Crippen LogP contribution in [0.15, 0.2) is 101 Å². The van der Waals surface area contributed by atoms with E-state index < -0.39 is 118 Å². The third-order valence-corrected chi connectivity index (χ3v) is 13.2. The van der Waals surface area contributed by atoms with Crippen molar-refractivity contribution in [2.24, 2.45) is 20.5 Å². The van der Waals surface area contributed by atoms with Crippen LogP contribution in [0.25, 0.3) is 10.8 Å². The quantitative estimate of drug-likeness (QED) is 0.0263.